The Labute approximate surface area is 403 Å². The lowest BCUT2D eigenvalue weighted by atomic mass is 9.79. The van der Waals surface area contributed by atoms with E-state index in [0.29, 0.717) is 45.6 Å². The summed E-state index contributed by atoms with van der Waals surface area (Å²) in [6.45, 7) is 9.27. The first kappa shape index (κ1) is 48.0. The second-order valence-electron chi connectivity index (χ2n) is 18.1. The number of guanidine groups is 1. The minimum absolute atomic E-state index is 0.000153. The van der Waals surface area contributed by atoms with E-state index in [1.807, 2.05) is 130 Å². The summed E-state index contributed by atoms with van der Waals surface area (Å²) in [7, 11) is -2.63. The van der Waals surface area contributed by atoms with Gasteiger partial charge in [0, 0.05) is 53.7 Å². The second kappa shape index (κ2) is 19.6. The first-order valence-corrected chi connectivity index (χ1v) is 24.5. The van der Waals surface area contributed by atoms with Crippen molar-refractivity contribution in [2.45, 2.75) is 81.9 Å². The zero-order valence-electron chi connectivity index (χ0n) is 39.6. The molecule has 0 bridgehead atoms. The Morgan fingerprint density at radius 1 is 0.783 bits per heavy atom. The molecule has 1 heterocycles. The summed E-state index contributed by atoms with van der Waals surface area (Å²) in [5.41, 5.74) is 13.3. The van der Waals surface area contributed by atoms with Gasteiger partial charge in [0.2, 0.25) is 5.96 Å². The average Bonchev–Trinajstić information content (AvgIpc) is 3.86. The summed E-state index contributed by atoms with van der Waals surface area (Å²) in [4.78, 5) is 46.0. The summed E-state index contributed by atoms with van der Waals surface area (Å²) in [5.74, 6) is -0.924. The molecular weight excluding hydrogens is 891 g/mol. The van der Waals surface area contributed by atoms with Crippen molar-refractivity contribution in [2.24, 2.45) is 10.7 Å². The average molecular weight is 948 g/mol. The van der Waals surface area contributed by atoms with Crippen LogP contribution in [0.5, 0.6) is 5.75 Å². The summed E-state index contributed by atoms with van der Waals surface area (Å²) in [5, 5.41) is 5.44. The van der Waals surface area contributed by atoms with Crippen LogP contribution in [0.2, 0.25) is 0 Å². The normalized spacial score (nSPS) is 14.4. The molecule has 0 aromatic heterocycles. The highest BCUT2D eigenvalue weighted by Gasteiger charge is 2.43. The van der Waals surface area contributed by atoms with Gasteiger partial charge in [-0.1, -0.05) is 121 Å². The second-order valence-corrected chi connectivity index (χ2v) is 19.7. The monoisotopic (exact) mass is 947 g/mol. The Morgan fingerprint density at radius 2 is 1.33 bits per heavy atom. The van der Waals surface area contributed by atoms with Gasteiger partial charge in [0.1, 0.15) is 24.0 Å². The molecule has 14 heteroatoms. The SMILES string of the molecule is CNC(=O)c1ccc(C(OC(=O)[C@H](CCCN=C(N)NS(=O)(=O)c2c(C)c(C)c3c(c2C)CC(C)(C)O3)NC(=O)OCC2c3ccccc3-c3ccccc32)(c2ccccc2)c2ccccc2)cc1. The quantitative estimate of drug-likeness (QED) is 0.0257. The third kappa shape index (κ3) is 9.66. The molecule has 0 spiro atoms. The maximum atomic E-state index is 15.0. The molecule has 356 valence electrons. The van der Waals surface area contributed by atoms with E-state index in [1.54, 1.807) is 45.2 Å². The molecule has 0 radical (unpaired) electrons. The fourth-order valence-electron chi connectivity index (χ4n) is 9.64. The van der Waals surface area contributed by atoms with Gasteiger partial charge < -0.3 is 30.6 Å². The lowest BCUT2D eigenvalue weighted by Crippen LogP contribution is -2.46. The van der Waals surface area contributed by atoms with Gasteiger partial charge in [-0.15, -0.1) is 0 Å². The number of esters is 1. The smallest absolute Gasteiger partial charge is 0.407 e. The highest BCUT2D eigenvalue weighted by molar-refractivity contribution is 7.90. The molecule has 5 N–H and O–H groups in total. The minimum atomic E-state index is -4.18. The van der Waals surface area contributed by atoms with Gasteiger partial charge in [-0.25, -0.2) is 22.7 Å². The van der Waals surface area contributed by atoms with Crippen molar-refractivity contribution in [2.75, 3.05) is 20.2 Å². The topological polar surface area (TPSA) is 188 Å². The number of rotatable bonds is 15. The van der Waals surface area contributed by atoms with Crippen LogP contribution in [0.15, 0.2) is 143 Å². The van der Waals surface area contributed by atoms with Crippen LogP contribution in [-0.2, 0) is 36.3 Å². The van der Waals surface area contributed by atoms with E-state index in [0.717, 1.165) is 33.4 Å². The fraction of sp³-hybridized carbons (Fsp3) is 0.273. The maximum absolute atomic E-state index is 15.0. The third-order valence-corrected chi connectivity index (χ3v) is 14.7. The number of nitrogens with one attached hydrogen (secondary N) is 3. The zero-order valence-corrected chi connectivity index (χ0v) is 40.4. The minimum Gasteiger partial charge on any atom is -0.487 e. The maximum Gasteiger partial charge on any atom is 0.407 e. The van der Waals surface area contributed by atoms with E-state index >= 15 is 0 Å². The highest BCUT2D eigenvalue weighted by atomic mass is 32.2. The van der Waals surface area contributed by atoms with Crippen molar-refractivity contribution in [3.63, 3.8) is 0 Å². The van der Waals surface area contributed by atoms with Crippen molar-refractivity contribution in [3.05, 3.63) is 189 Å². The molecule has 0 unspecified atom stereocenters. The predicted octanol–water partition coefficient (Wildman–Crippen LogP) is 8.50. The largest absolute Gasteiger partial charge is 0.487 e. The van der Waals surface area contributed by atoms with Crippen molar-refractivity contribution in [1.82, 2.24) is 15.4 Å². The Kier molecular flexibility index (Phi) is 13.7. The van der Waals surface area contributed by atoms with Crippen LogP contribution in [0.4, 0.5) is 4.79 Å². The number of alkyl carbamates (subject to hydrolysis) is 1. The van der Waals surface area contributed by atoms with E-state index in [9.17, 15) is 22.8 Å². The third-order valence-electron chi connectivity index (χ3n) is 13.0. The molecule has 0 saturated heterocycles. The number of nitrogens with two attached hydrogens (primary N) is 1. The van der Waals surface area contributed by atoms with Gasteiger partial charge >= 0.3 is 12.1 Å². The number of amides is 2. The van der Waals surface area contributed by atoms with E-state index in [-0.39, 0.29) is 48.7 Å². The van der Waals surface area contributed by atoms with Gasteiger partial charge in [-0.3, -0.25) is 9.79 Å². The summed E-state index contributed by atoms with van der Waals surface area (Å²) < 4.78 is 49.2. The number of hydrogen-bond acceptors (Lipinski definition) is 9. The lowest BCUT2D eigenvalue weighted by Gasteiger charge is -2.36. The summed E-state index contributed by atoms with van der Waals surface area (Å²) in [6, 6.07) is 40.0. The molecule has 6 aromatic carbocycles. The molecule has 1 atom stereocenters. The number of benzene rings is 6. The summed E-state index contributed by atoms with van der Waals surface area (Å²) >= 11 is 0. The predicted molar refractivity (Wildman–Crippen MR) is 266 cm³/mol. The molecule has 8 rings (SSSR count). The number of aliphatic imine (C=N–C) groups is 1. The first-order valence-electron chi connectivity index (χ1n) is 23.0. The van der Waals surface area contributed by atoms with E-state index < -0.39 is 39.3 Å². The van der Waals surface area contributed by atoms with Crippen molar-refractivity contribution in [3.8, 4) is 16.9 Å². The van der Waals surface area contributed by atoms with Gasteiger partial charge in [-0.05, 0) is 98.5 Å². The Balaban J connectivity index is 1.07. The van der Waals surface area contributed by atoms with Crippen LogP contribution in [0.1, 0.15) is 93.0 Å². The molecular formula is C55H57N5O8S. The number of fused-ring (bicyclic) bond motifs is 4. The van der Waals surface area contributed by atoms with E-state index in [4.69, 9.17) is 19.9 Å². The molecule has 13 nitrogen and oxygen atoms in total. The van der Waals surface area contributed by atoms with Crippen molar-refractivity contribution >= 4 is 34.0 Å². The Hall–Kier alpha value is -7.45. The first-order chi connectivity index (χ1) is 33.0. The van der Waals surface area contributed by atoms with Gasteiger partial charge in [0.15, 0.2) is 5.60 Å². The number of hydrogen-bond donors (Lipinski definition) is 4. The molecule has 1 aliphatic heterocycles. The lowest BCUT2D eigenvalue weighted by molar-refractivity contribution is -0.156. The highest BCUT2D eigenvalue weighted by Crippen LogP contribution is 2.46. The zero-order chi connectivity index (χ0) is 49.1. The molecule has 0 saturated carbocycles. The number of carbonyl (C=O) groups is 3. The molecule has 6 aromatic rings. The standard InChI is InChI=1S/C55H57N5O8S/c1-34-35(2)49(36(3)45-32-54(4,5)67-48(34)45)69(64,65)60-52(56)58-31-17-26-47(59-53(63)66-33-46-43-24-15-13-22-41(43)42-23-14-16-25-44(42)46)51(62)68-55(38-18-9-7-10-19-38,39-20-11-8-12-21-39)40-29-27-37(28-30-40)50(61)57-6/h7-16,18-25,27-30,46-47H,17,26,31-33H2,1-6H3,(H,57,61)(H,59,63)(H3,56,58,60)/t47-/m0/s1. The van der Waals surface area contributed by atoms with Gasteiger partial charge in [-0.2, -0.15) is 0 Å². The Morgan fingerprint density at radius 3 is 1.91 bits per heavy atom. The van der Waals surface area contributed by atoms with Crippen LogP contribution in [0, 0.1) is 20.8 Å². The fourth-order valence-corrected chi connectivity index (χ4v) is 11.2. The van der Waals surface area contributed by atoms with Crippen LogP contribution >= 0.6 is 0 Å². The number of carbonyl (C=O) groups excluding carboxylic acids is 3. The molecule has 1 aliphatic carbocycles. The van der Waals surface area contributed by atoms with Crippen LogP contribution < -0.4 is 25.8 Å². The van der Waals surface area contributed by atoms with E-state index in [1.165, 1.54) is 0 Å². The van der Waals surface area contributed by atoms with Crippen LogP contribution in [0.3, 0.4) is 0 Å². The molecule has 69 heavy (non-hydrogen) atoms. The molecule has 2 aliphatic rings. The van der Waals surface area contributed by atoms with Gasteiger partial charge in [0.25, 0.3) is 15.9 Å². The number of sulfonamides is 1. The summed E-state index contributed by atoms with van der Waals surface area (Å²) in [6.07, 6.45) is -0.117. The van der Waals surface area contributed by atoms with Crippen LogP contribution in [0.25, 0.3) is 11.1 Å². The van der Waals surface area contributed by atoms with Crippen LogP contribution in [-0.4, -0.2) is 64.2 Å². The van der Waals surface area contributed by atoms with E-state index in [2.05, 4.69) is 20.3 Å². The molecule has 2 amide bonds. The number of ether oxygens (including phenoxy) is 3. The van der Waals surface area contributed by atoms with Crippen molar-refractivity contribution < 1.29 is 37.0 Å². The Bertz CT molecular complexity index is 2960. The van der Waals surface area contributed by atoms with Gasteiger partial charge in [0.05, 0.1) is 4.90 Å². The number of nitrogens with zero attached hydrogens (tertiary/aromatic N) is 1. The molecule has 0 fully saturated rings. The van der Waals surface area contributed by atoms with Crippen molar-refractivity contribution in [1.29, 1.82) is 0 Å².